The Morgan fingerprint density at radius 1 is 1.43 bits per heavy atom. The molecule has 4 nitrogen and oxygen atoms in total. The van der Waals surface area contributed by atoms with Gasteiger partial charge in [0.15, 0.2) is 0 Å². The van der Waals surface area contributed by atoms with Gasteiger partial charge in [0.1, 0.15) is 0 Å². The highest BCUT2D eigenvalue weighted by Gasteiger charge is 2.25. The number of hydrogen-bond acceptors (Lipinski definition) is 3. The SMILES string of the molecule is Cc1c(Cl)cc(S(=O)(=O)Cl)cc1C(=O)NC(C)CC1CC1. The number of rotatable bonds is 5. The van der Waals surface area contributed by atoms with Crippen molar-refractivity contribution in [2.45, 2.75) is 44.0 Å². The molecule has 1 unspecified atom stereocenters. The van der Waals surface area contributed by atoms with Crippen LogP contribution in [0.5, 0.6) is 0 Å². The molecule has 1 aromatic rings. The topological polar surface area (TPSA) is 63.2 Å². The third-order valence-corrected chi connectivity index (χ3v) is 5.33. The van der Waals surface area contributed by atoms with E-state index in [-0.39, 0.29) is 27.4 Å². The van der Waals surface area contributed by atoms with Crippen molar-refractivity contribution < 1.29 is 13.2 Å². The Bertz CT molecular complexity index is 669. The van der Waals surface area contributed by atoms with Gasteiger partial charge < -0.3 is 5.32 Å². The summed E-state index contributed by atoms with van der Waals surface area (Å²) in [6.07, 6.45) is 3.36. The average Bonchev–Trinajstić information content (AvgIpc) is 3.14. The molecule has 1 saturated carbocycles. The van der Waals surface area contributed by atoms with E-state index in [2.05, 4.69) is 5.32 Å². The van der Waals surface area contributed by atoms with Crippen molar-refractivity contribution in [1.82, 2.24) is 5.32 Å². The Balaban J connectivity index is 2.24. The molecule has 1 aliphatic rings. The Hall–Kier alpha value is -0.780. The van der Waals surface area contributed by atoms with E-state index in [4.69, 9.17) is 22.3 Å². The number of hydrogen-bond donors (Lipinski definition) is 1. The molecule has 0 aromatic heterocycles. The van der Waals surface area contributed by atoms with E-state index in [0.29, 0.717) is 11.5 Å². The largest absolute Gasteiger partial charge is 0.350 e. The van der Waals surface area contributed by atoms with Crippen LogP contribution in [0.1, 0.15) is 42.1 Å². The fourth-order valence-electron chi connectivity index (χ4n) is 2.24. The fraction of sp³-hybridized carbons (Fsp3) is 0.500. The molecule has 1 N–H and O–H groups in total. The van der Waals surface area contributed by atoms with Crippen molar-refractivity contribution in [3.05, 3.63) is 28.3 Å². The minimum Gasteiger partial charge on any atom is -0.350 e. The lowest BCUT2D eigenvalue weighted by Gasteiger charge is -2.15. The Labute approximate surface area is 134 Å². The molecule has 0 aliphatic heterocycles. The summed E-state index contributed by atoms with van der Waals surface area (Å²) >= 11 is 6.00. The first-order valence-corrected chi connectivity index (χ1v) is 9.43. The van der Waals surface area contributed by atoms with E-state index in [1.54, 1.807) is 6.92 Å². The molecule has 0 radical (unpaired) electrons. The third-order valence-electron chi connectivity index (χ3n) is 3.61. The highest BCUT2D eigenvalue weighted by molar-refractivity contribution is 8.13. The number of nitrogens with one attached hydrogen (secondary N) is 1. The zero-order valence-electron chi connectivity index (χ0n) is 11.8. The van der Waals surface area contributed by atoms with Crippen LogP contribution in [0.15, 0.2) is 17.0 Å². The molecule has 0 heterocycles. The summed E-state index contributed by atoms with van der Waals surface area (Å²) in [5, 5.41) is 3.08. The van der Waals surface area contributed by atoms with Crippen LogP contribution in [0.3, 0.4) is 0 Å². The van der Waals surface area contributed by atoms with Crippen LogP contribution in [0.2, 0.25) is 5.02 Å². The molecule has 1 atom stereocenters. The van der Waals surface area contributed by atoms with Gasteiger partial charge in [0.2, 0.25) is 0 Å². The van der Waals surface area contributed by atoms with Gasteiger partial charge >= 0.3 is 0 Å². The van der Waals surface area contributed by atoms with E-state index in [1.165, 1.54) is 25.0 Å². The molecule has 0 spiro atoms. The third kappa shape index (κ3) is 4.34. The minimum absolute atomic E-state index is 0.0411. The Kier molecular flexibility index (Phi) is 4.85. The van der Waals surface area contributed by atoms with Crippen LogP contribution in [0.4, 0.5) is 0 Å². The number of carbonyl (C=O) groups is 1. The van der Waals surface area contributed by atoms with Gasteiger partial charge in [-0.05, 0) is 43.9 Å². The molecule has 116 valence electrons. The van der Waals surface area contributed by atoms with Crippen LogP contribution < -0.4 is 5.32 Å². The predicted octanol–water partition coefficient (Wildman–Crippen LogP) is 3.49. The fourth-order valence-corrected chi connectivity index (χ4v) is 3.31. The van der Waals surface area contributed by atoms with Gasteiger partial charge in [-0.3, -0.25) is 4.79 Å². The maximum Gasteiger partial charge on any atom is 0.261 e. The lowest BCUT2D eigenvalue weighted by molar-refractivity contribution is 0.0936. The molecule has 21 heavy (non-hydrogen) atoms. The maximum absolute atomic E-state index is 12.3. The first-order valence-electron chi connectivity index (χ1n) is 6.74. The second-order valence-corrected chi connectivity index (χ2v) is 8.54. The van der Waals surface area contributed by atoms with Crippen LogP contribution in [-0.4, -0.2) is 20.4 Å². The van der Waals surface area contributed by atoms with Gasteiger partial charge in [-0.1, -0.05) is 24.4 Å². The second kappa shape index (κ2) is 6.15. The number of benzene rings is 1. The molecule has 1 aromatic carbocycles. The summed E-state index contributed by atoms with van der Waals surface area (Å²) in [5.74, 6) is 0.365. The smallest absolute Gasteiger partial charge is 0.261 e. The zero-order chi connectivity index (χ0) is 15.8. The summed E-state index contributed by atoms with van der Waals surface area (Å²) in [7, 11) is 1.40. The normalized spacial score (nSPS) is 16.6. The van der Waals surface area contributed by atoms with Crippen molar-refractivity contribution in [3.63, 3.8) is 0 Å². The van der Waals surface area contributed by atoms with Crippen molar-refractivity contribution in [2.75, 3.05) is 0 Å². The van der Waals surface area contributed by atoms with Gasteiger partial charge in [-0.2, -0.15) is 0 Å². The molecule has 1 amide bonds. The highest BCUT2D eigenvalue weighted by atomic mass is 35.7. The van der Waals surface area contributed by atoms with Crippen molar-refractivity contribution >= 4 is 37.2 Å². The lowest BCUT2D eigenvalue weighted by atomic mass is 10.1. The molecule has 7 heteroatoms. The standard InChI is InChI=1S/C14H17Cl2NO3S/c1-8(5-10-3-4-10)17-14(18)12-6-11(21(16,19)20)7-13(15)9(12)2/h6-8,10H,3-5H2,1-2H3,(H,17,18). The van der Waals surface area contributed by atoms with E-state index < -0.39 is 9.05 Å². The van der Waals surface area contributed by atoms with Crippen molar-refractivity contribution in [1.29, 1.82) is 0 Å². The van der Waals surface area contributed by atoms with Crippen molar-refractivity contribution in [3.8, 4) is 0 Å². The molecule has 0 saturated heterocycles. The van der Waals surface area contributed by atoms with E-state index in [1.807, 2.05) is 6.92 Å². The highest BCUT2D eigenvalue weighted by Crippen LogP contribution is 2.33. The summed E-state index contributed by atoms with van der Waals surface area (Å²) in [4.78, 5) is 12.1. The Morgan fingerprint density at radius 3 is 2.57 bits per heavy atom. The molecule has 0 bridgehead atoms. The monoisotopic (exact) mass is 349 g/mol. The predicted molar refractivity (Wildman–Crippen MR) is 83.5 cm³/mol. The summed E-state index contributed by atoms with van der Waals surface area (Å²) < 4.78 is 22.8. The van der Waals surface area contributed by atoms with Crippen LogP contribution >= 0.6 is 22.3 Å². The number of amides is 1. The first-order chi connectivity index (χ1) is 9.68. The van der Waals surface area contributed by atoms with Gasteiger partial charge in [-0.25, -0.2) is 8.42 Å². The number of carbonyl (C=O) groups excluding carboxylic acids is 1. The lowest BCUT2D eigenvalue weighted by Crippen LogP contribution is -2.33. The molecular weight excluding hydrogens is 333 g/mol. The summed E-state index contributed by atoms with van der Waals surface area (Å²) in [6, 6.07) is 2.56. The van der Waals surface area contributed by atoms with Gasteiger partial charge in [0.05, 0.1) is 4.90 Å². The molecule has 1 aliphatic carbocycles. The van der Waals surface area contributed by atoms with Gasteiger partial charge in [-0.15, -0.1) is 0 Å². The van der Waals surface area contributed by atoms with Gasteiger partial charge in [0, 0.05) is 27.3 Å². The average molecular weight is 350 g/mol. The van der Waals surface area contributed by atoms with Gasteiger partial charge in [0.25, 0.3) is 15.0 Å². The molecule has 2 rings (SSSR count). The maximum atomic E-state index is 12.3. The van der Waals surface area contributed by atoms with E-state index in [9.17, 15) is 13.2 Å². The summed E-state index contributed by atoms with van der Waals surface area (Å²) in [6.45, 7) is 3.61. The van der Waals surface area contributed by atoms with Crippen LogP contribution in [-0.2, 0) is 9.05 Å². The molecular formula is C14H17Cl2NO3S. The van der Waals surface area contributed by atoms with Crippen LogP contribution in [0, 0.1) is 12.8 Å². The first kappa shape index (κ1) is 16.6. The van der Waals surface area contributed by atoms with E-state index in [0.717, 1.165) is 6.42 Å². The number of halogens is 2. The zero-order valence-corrected chi connectivity index (χ0v) is 14.1. The minimum atomic E-state index is -3.93. The second-order valence-electron chi connectivity index (χ2n) is 5.57. The van der Waals surface area contributed by atoms with Crippen LogP contribution in [0.25, 0.3) is 0 Å². The van der Waals surface area contributed by atoms with E-state index >= 15 is 0 Å². The van der Waals surface area contributed by atoms with Crippen molar-refractivity contribution in [2.24, 2.45) is 5.92 Å². The quantitative estimate of drug-likeness (QED) is 0.827. The Morgan fingerprint density at radius 2 is 2.05 bits per heavy atom. The molecule has 1 fully saturated rings. The summed E-state index contributed by atoms with van der Waals surface area (Å²) in [5.41, 5.74) is 0.779.